The summed E-state index contributed by atoms with van der Waals surface area (Å²) in [5.74, 6) is -1.53. The topological polar surface area (TPSA) is 83.5 Å². The van der Waals surface area contributed by atoms with Crippen LogP contribution in [-0.2, 0) is 9.59 Å². The lowest BCUT2D eigenvalue weighted by atomic mass is 9.84. The maximum Gasteiger partial charge on any atom is 0.335 e. The van der Waals surface area contributed by atoms with Gasteiger partial charge in [0.25, 0.3) is 0 Å². The molecule has 0 unspecified atom stereocenters. The fourth-order valence-corrected chi connectivity index (χ4v) is 2.26. The molecule has 1 aromatic carbocycles. The molecular formula is C18H19NO4. The number of ketones is 2. The minimum Gasteiger partial charge on any atom is -0.478 e. The lowest BCUT2D eigenvalue weighted by molar-refractivity contribution is -0.125. The molecule has 0 saturated carbocycles. The average molecular weight is 313 g/mol. The molecule has 23 heavy (non-hydrogen) atoms. The third-order valence-electron chi connectivity index (χ3n) is 3.55. The first-order valence-electron chi connectivity index (χ1n) is 7.23. The minimum absolute atomic E-state index is 0.177. The Morgan fingerprint density at radius 2 is 1.70 bits per heavy atom. The highest BCUT2D eigenvalue weighted by atomic mass is 16.4. The van der Waals surface area contributed by atoms with Gasteiger partial charge in [-0.05, 0) is 30.7 Å². The number of Topliss-reactive ketones (excluding diaryl/α,β-unsaturated/α-hetero) is 2. The van der Waals surface area contributed by atoms with Gasteiger partial charge in [-0.3, -0.25) is 9.59 Å². The van der Waals surface area contributed by atoms with Crippen LogP contribution in [0.15, 0.2) is 41.2 Å². The maximum atomic E-state index is 12.5. The summed E-state index contributed by atoms with van der Waals surface area (Å²) in [6, 6.07) is 6.17. The van der Waals surface area contributed by atoms with Gasteiger partial charge in [0.05, 0.1) is 16.8 Å². The number of rotatable bonds is 3. The number of carbonyl (C=O) groups excluding carboxylic acids is 2. The zero-order chi connectivity index (χ0) is 17.4. The molecular weight excluding hydrogens is 294 g/mol. The summed E-state index contributed by atoms with van der Waals surface area (Å²) < 4.78 is 0. The van der Waals surface area contributed by atoms with E-state index in [0.717, 1.165) is 0 Å². The van der Waals surface area contributed by atoms with Gasteiger partial charge in [0.1, 0.15) is 0 Å². The molecule has 0 spiro atoms. The molecule has 0 aliphatic carbocycles. The lowest BCUT2D eigenvalue weighted by Gasteiger charge is -2.16. The first-order chi connectivity index (χ1) is 10.6. The number of hydrogen-bond donors (Lipinski definition) is 2. The molecule has 120 valence electrons. The summed E-state index contributed by atoms with van der Waals surface area (Å²) in [6.45, 7) is 7.02. The van der Waals surface area contributed by atoms with E-state index < -0.39 is 11.4 Å². The Kier molecular flexibility index (Phi) is 4.23. The van der Waals surface area contributed by atoms with Crippen molar-refractivity contribution in [3.8, 4) is 0 Å². The normalized spacial score (nSPS) is 16.7. The summed E-state index contributed by atoms with van der Waals surface area (Å²) in [5, 5.41) is 11.8. The van der Waals surface area contributed by atoms with E-state index in [9.17, 15) is 14.4 Å². The SMILES string of the molecule is CC1=C(C(=O)C(C)(C)C)C(=O)/C(=C\c2ccc(C(=O)O)cc2)N1. The Bertz CT molecular complexity index is 746. The Balaban J connectivity index is 2.29. The molecule has 0 saturated heterocycles. The van der Waals surface area contributed by atoms with E-state index in [1.165, 1.54) is 12.1 Å². The van der Waals surface area contributed by atoms with Gasteiger partial charge in [-0.25, -0.2) is 4.79 Å². The highest BCUT2D eigenvalue weighted by Crippen LogP contribution is 2.28. The number of nitrogens with one attached hydrogen (secondary N) is 1. The van der Waals surface area contributed by atoms with Crippen LogP contribution in [0.2, 0.25) is 0 Å². The number of carboxylic acid groups (broad SMARTS) is 1. The van der Waals surface area contributed by atoms with Crippen LogP contribution < -0.4 is 5.32 Å². The zero-order valence-corrected chi connectivity index (χ0v) is 13.6. The van der Waals surface area contributed by atoms with E-state index in [4.69, 9.17) is 5.11 Å². The van der Waals surface area contributed by atoms with E-state index in [-0.39, 0.29) is 22.7 Å². The number of carboxylic acids is 1. The van der Waals surface area contributed by atoms with Crippen molar-refractivity contribution in [2.75, 3.05) is 0 Å². The standard InChI is InChI=1S/C18H19NO4/c1-10-14(16(21)18(2,3)4)15(20)13(19-10)9-11-5-7-12(8-6-11)17(22)23/h5-9,19H,1-4H3,(H,22,23)/b13-9+. The van der Waals surface area contributed by atoms with Gasteiger partial charge >= 0.3 is 5.97 Å². The third-order valence-corrected chi connectivity index (χ3v) is 3.55. The van der Waals surface area contributed by atoms with Gasteiger partial charge in [0.15, 0.2) is 5.78 Å². The molecule has 0 fully saturated rings. The molecule has 1 aliphatic heterocycles. The van der Waals surface area contributed by atoms with Crippen LogP contribution in [0.3, 0.4) is 0 Å². The Hall–Kier alpha value is -2.69. The predicted octanol–water partition coefficient (Wildman–Crippen LogP) is 2.79. The van der Waals surface area contributed by atoms with Gasteiger partial charge in [0, 0.05) is 11.1 Å². The van der Waals surface area contributed by atoms with Crippen molar-refractivity contribution < 1.29 is 19.5 Å². The van der Waals surface area contributed by atoms with Crippen LogP contribution in [0.25, 0.3) is 6.08 Å². The molecule has 0 bridgehead atoms. The monoisotopic (exact) mass is 313 g/mol. The number of allylic oxidation sites excluding steroid dienone is 2. The maximum absolute atomic E-state index is 12.5. The van der Waals surface area contributed by atoms with E-state index in [0.29, 0.717) is 17.0 Å². The van der Waals surface area contributed by atoms with Crippen molar-refractivity contribution in [1.29, 1.82) is 0 Å². The van der Waals surface area contributed by atoms with Crippen LogP contribution in [-0.4, -0.2) is 22.6 Å². The smallest absolute Gasteiger partial charge is 0.335 e. The molecule has 0 amide bonds. The molecule has 2 rings (SSSR count). The Labute approximate surface area is 134 Å². The molecule has 0 atom stereocenters. The average Bonchev–Trinajstić information content (AvgIpc) is 2.72. The molecule has 0 aromatic heterocycles. The van der Waals surface area contributed by atoms with Gasteiger partial charge in [0.2, 0.25) is 5.78 Å². The number of benzene rings is 1. The van der Waals surface area contributed by atoms with Crippen molar-refractivity contribution in [1.82, 2.24) is 5.32 Å². The highest BCUT2D eigenvalue weighted by Gasteiger charge is 2.36. The second-order valence-corrected chi connectivity index (χ2v) is 6.52. The summed E-state index contributed by atoms with van der Waals surface area (Å²) in [5.41, 5.74) is 1.28. The highest BCUT2D eigenvalue weighted by molar-refractivity contribution is 6.30. The summed E-state index contributed by atoms with van der Waals surface area (Å²) in [6.07, 6.45) is 1.61. The molecule has 2 N–H and O–H groups in total. The zero-order valence-electron chi connectivity index (χ0n) is 13.6. The first-order valence-corrected chi connectivity index (χ1v) is 7.23. The first kappa shape index (κ1) is 16.7. The lowest BCUT2D eigenvalue weighted by Crippen LogP contribution is -2.25. The molecule has 1 heterocycles. The van der Waals surface area contributed by atoms with Gasteiger partial charge < -0.3 is 10.4 Å². The van der Waals surface area contributed by atoms with Crippen molar-refractivity contribution in [3.63, 3.8) is 0 Å². The largest absolute Gasteiger partial charge is 0.478 e. The van der Waals surface area contributed by atoms with Gasteiger partial charge in [-0.15, -0.1) is 0 Å². The van der Waals surface area contributed by atoms with Crippen molar-refractivity contribution in [2.24, 2.45) is 5.41 Å². The van der Waals surface area contributed by atoms with E-state index >= 15 is 0 Å². The van der Waals surface area contributed by atoms with Crippen LogP contribution in [0.4, 0.5) is 0 Å². The van der Waals surface area contributed by atoms with Gasteiger partial charge in [-0.1, -0.05) is 32.9 Å². The second-order valence-electron chi connectivity index (χ2n) is 6.52. The number of aromatic carboxylic acids is 1. The summed E-state index contributed by atoms with van der Waals surface area (Å²) in [4.78, 5) is 35.7. The number of hydrogen-bond acceptors (Lipinski definition) is 4. The van der Waals surface area contributed by atoms with Gasteiger partial charge in [-0.2, -0.15) is 0 Å². The fourth-order valence-electron chi connectivity index (χ4n) is 2.26. The third kappa shape index (κ3) is 3.39. The van der Waals surface area contributed by atoms with E-state index in [2.05, 4.69) is 5.32 Å². The van der Waals surface area contributed by atoms with Crippen molar-refractivity contribution in [2.45, 2.75) is 27.7 Å². The summed E-state index contributed by atoms with van der Waals surface area (Å²) in [7, 11) is 0. The second kappa shape index (κ2) is 5.83. The van der Waals surface area contributed by atoms with Crippen LogP contribution in [0.1, 0.15) is 43.6 Å². The quantitative estimate of drug-likeness (QED) is 0.662. The Morgan fingerprint density at radius 1 is 1.13 bits per heavy atom. The van der Waals surface area contributed by atoms with E-state index in [1.54, 1.807) is 45.9 Å². The predicted molar refractivity (Wildman–Crippen MR) is 86.7 cm³/mol. The molecule has 5 nitrogen and oxygen atoms in total. The fraction of sp³-hybridized carbons (Fsp3) is 0.278. The van der Waals surface area contributed by atoms with Crippen LogP contribution >= 0.6 is 0 Å². The minimum atomic E-state index is -1.00. The van der Waals surface area contributed by atoms with Crippen molar-refractivity contribution >= 4 is 23.6 Å². The van der Waals surface area contributed by atoms with Crippen LogP contribution in [0.5, 0.6) is 0 Å². The Morgan fingerprint density at radius 3 is 2.17 bits per heavy atom. The molecule has 1 aromatic rings. The van der Waals surface area contributed by atoms with Crippen LogP contribution in [0, 0.1) is 5.41 Å². The molecule has 1 aliphatic rings. The molecule has 0 radical (unpaired) electrons. The number of carbonyl (C=O) groups is 3. The summed E-state index contributed by atoms with van der Waals surface area (Å²) >= 11 is 0. The molecule has 5 heteroatoms. The van der Waals surface area contributed by atoms with E-state index in [1.807, 2.05) is 0 Å². The van der Waals surface area contributed by atoms with Crippen molar-refractivity contribution in [3.05, 3.63) is 52.4 Å².